The summed E-state index contributed by atoms with van der Waals surface area (Å²) in [5.74, 6) is 0.519. The van der Waals surface area contributed by atoms with E-state index in [0.29, 0.717) is 17.9 Å². The lowest BCUT2D eigenvalue weighted by Crippen LogP contribution is -2.28. The van der Waals surface area contributed by atoms with Gasteiger partial charge in [-0.05, 0) is 36.1 Å². The van der Waals surface area contributed by atoms with Crippen molar-refractivity contribution in [2.45, 2.75) is 31.3 Å². The summed E-state index contributed by atoms with van der Waals surface area (Å²) < 4.78 is 0. The third-order valence-corrected chi connectivity index (χ3v) is 4.67. The molecule has 2 aliphatic heterocycles. The Balaban J connectivity index is 1.68. The second-order valence-electron chi connectivity index (χ2n) is 5.82. The van der Waals surface area contributed by atoms with Crippen LogP contribution in [0.15, 0.2) is 42.5 Å². The second-order valence-corrected chi connectivity index (χ2v) is 5.82. The molecule has 4 rings (SSSR count). The molecule has 0 spiro atoms. The zero-order valence-electron chi connectivity index (χ0n) is 10.8. The predicted octanol–water partition coefficient (Wildman–Crippen LogP) is 3.16. The van der Waals surface area contributed by atoms with Gasteiger partial charge in [-0.2, -0.15) is 0 Å². The third kappa shape index (κ3) is 1.79. The van der Waals surface area contributed by atoms with Crippen LogP contribution in [0.25, 0.3) is 10.8 Å². The SMILES string of the molecule is O=C(c1ccc2ccccc2c1)C1CC2CCC1N2. The van der Waals surface area contributed by atoms with Gasteiger partial charge in [0.1, 0.15) is 0 Å². The molecule has 2 bridgehead atoms. The number of benzene rings is 2. The first-order valence-corrected chi connectivity index (χ1v) is 7.10. The summed E-state index contributed by atoms with van der Waals surface area (Å²) in [6.45, 7) is 0. The summed E-state index contributed by atoms with van der Waals surface area (Å²) >= 11 is 0. The van der Waals surface area contributed by atoms with Crippen molar-refractivity contribution in [3.8, 4) is 0 Å². The van der Waals surface area contributed by atoms with E-state index in [9.17, 15) is 4.79 Å². The monoisotopic (exact) mass is 251 g/mol. The van der Waals surface area contributed by atoms with Gasteiger partial charge in [0.2, 0.25) is 0 Å². The normalized spacial score (nSPS) is 28.9. The molecular formula is C17H17NO. The summed E-state index contributed by atoms with van der Waals surface area (Å²) in [5, 5.41) is 5.90. The molecule has 19 heavy (non-hydrogen) atoms. The van der Waals surface area contributed by atoms with E-state index in [1.807, 2.05) is 24.3 Å². The van der Waals surface area contributed by atoms with E-state index in [1.165, 1.54) is 11.8 Å². The topological polar surface area (TPSA) is 29.1 Å². The summed E-state index contributed by atoms with van der Waals surface area (Å²) in [7, 11) is 0. The number of rotatable bonds is 2. The average Bonchev–Trinajstić information content (AvgIpc) is 3.08. The van der Waals surface area contributed by atoms with Gasteiger partial charge in [0.15, 0.2) is 5.78 Å². The Morgan fingerprint density at radius 3 is 2.63 bits per heavy atom. The van der Waals surface area contributed by atoms with E-state index in [1.54, 1.807) is 0 Å². The predicted molar refractivity (Wildman–Crippen MR) is 76.3 cm³/mol. The lowest BCUT2D eigenvalue weighted by molar-refractivity contribution is 0.0901. The zero-order valence-corrected chi connectivity index (χ0v) is 10.8. The summed E-state index contributed by atoms with van der Waals surface area (Å²) in [6, 6.07) is 15.3. The van der Waals surface area contributed by atoms with Crippen molar-refractivity contribution in [1.82, 2.24) is 5.32 Å². The van der Waals surface area contributed by atoms with Gasteiger partial charge < -0.3 is 5.32 Å². The fraction of sp³-hybridized carbons (Fsp3) is 0.353. The highest BCUT2D eigenvalue weighted by atomic mass is 16.1. The van der Waals surface area contributed by atoms with E-state index in [4.69, 9.17) is 0 Å². The Morgan fingerprint density at radius 2 is 1.89 bits per heavy atom. The molecule has 2 fully saturated rings. The molecule has 2 aromatic rings. The molecule has 2 heteroatoms. The van der Waals surface area contributed by atoms with Crippen molar-refractivity contribution >= 4 is 16.6 Å². The molecule has 0 aromatic heterocycles. The molecule has 2 aliphatic rings. The maximum Gasteiger partial charge on any atom is 0.167 e. The summed E-state index contributed by atoms with van der Waals surface area (Å²) in [5.41, 5.74) is 0.873. The molecule has 0 aliphatic carbocycles. The van der Waals surface area contributed by atoms with Gasteiger partial charge in [-0.1, -0.05) is 36.4 Å². The van der Waals surface area contributed by atoms with E-state index >= 15 is 0 Å². The van der Waals surface area contributed by atoms with Crippen LogP contribution in [0.3, 0.4) is 0 Å². The second kappa shape index (κ2) is 4.17. The van der Waals surface area contributed by atoms with Crippen molar-refractivity contribution in [3.63, 3.8) is 0 Å². The molecule has 96 valence electrons. The standard InChI is InChI=1S/C17H17NO/c19-17(15-10-14-7-8-16(15)18-14)13-6-5-11-3-1-2-4-12(11)9-13/h1-6,9,14-16,18H,7-8,10H2. The largest absolute Gasteiger partial charge is 0.310 e. The fourth-order valence-electron chi connectivity index (χ4n) is 3.67. The number of nitrogens with one attached hydrogen (secondary N) is 1. The number of carbonyl (C=O) groups excluding carboxylic acids is 1. The first kappa shape index (κ1) is 11.2. The Morgan fingerprint density at radius 1 is 1.05 bits per heavy atom. The van der Waals surface area contributed by atoms with Crippen LogP contribution in [0.1, 0.15) is 29.6 Å². The van der Waals surface area contributed by atoms with E-state index in [2.05, 4.69) is 23.5 Å². The fourth-order valence-corrected chi connectivity index (χ4v) is 3.67. The summed E-state index contributed by atoms with van der Waals surface area (Å²) in [6.07, 6.45) is 3.43. The third-order valence-electron chi connectivity index (χ3n) is 4.67. The van der Waals surface area contributed by atoms with Gasteiger partial charge in [0, 0.05) is 23.6 Å². The first-order valence-electron chi connectivity index (χ1n) is 7.10. The molecular weight excluding hydrogens is 234 g/mol. The average molecular weight is 251 g/mol. The first-order chi connectivity index (χ1) is 9.31. The van der Waals surface area contributed by atoms with Gasteiger partial charge in [0.05, 0.1) is 0 Å². The van der Waals surface area contributed by atoms with Gasteiger partial charge >= 0.3 is 0 Å². The summed E-state index contributed by atoms with van der Waals surface area (Å²) in [4.78, 5) is 12.6. The smallest absolute Gasteiger partial charge is 0.167 e. The molecule has 0 radical (unpaired) electrons. The maximum atomic E-state index is 12.6. The molecule has 3 atom stereocenters. The molecule has 2 nitrogen and oxygen atoms in total. The Bertz CT molecular complexity index is 649. The Kier molecular flexibility index (Phi) is 2.46. The number of ketones is 1. The van der Waals surface area contributed by atoms with Crippen LogP contribution in [0, 0.1) is 5.92 Å². The van der Waals surface area contributed by atoms with Crippen LogP contribution in [0.4, 0.5) is 0 Å². The van der Waals surface area contributed by atoms with E-state index in [0.717, 1.165) is 23.8 Å². The van der Waals surface area contributed by atoms with Crippen LogP contribution in [-0.4, -0.2) is 17.9 Å². The van der Waals surface area contributed by atoms with Gasteiger partial charge in [-0.25, -0.2) is 0 Å². The van der Waals surface area contributed by atoms with Crippen LogP contribution < -0.4 is 5.32 Å². The molecule has 0 amide bonds. The molecule has 1 N–H and O–H groups in total. The highest BCUT2D eigenvalue weighted by Crippen LogP contribution is 2.35. The maximum absolute atomic E-state index is 12.6. The number of Topliss-reactive ketones (excluding diaryl/α,β-unsaturated/α-hetero) is 1. The molecule has 3 unspecified atom stereocenters. The van der Waals surface area contributed by atoms with Gasteiger partial charge in [0.25, 0.3) is 0 Å². The lowest BCUT2D eigenvalue weighted by atomic mass is 9.83. The van der Waals surface area contributed by atoms with Crippen molar-refractivity contribution in [2.75, 3.05) is 0 Å². The van der Waals surface area contributed by atoms with Gasteiger partial charge in [-0.3, -0.25) is 4.79 Å². The highest BCUT2D eigenvalue weighted by Gasteiger charge is 2.42. The molecule has 0 saturated carbocycles. The van der Waals surface area contributed by atoms with E-state index < -0.39 is 0 Å². The minimum Gasteiger partial charge on any atom is -0.310 e. The molecule has 2 saturated heterocycles. The van der Waals surface area contributed by atoms with Crippen LogP contribution in [0.2, 0.25) is 0 Å². The van der Waals surface area contributed by atoms with Crippen molar-refractivity contribution in [2.24, 2.45) is 5.92 Å². The van der Waals surface area contributed by atoms with Crippen LogP contribution in [0.5, 0.6) is 0 Å². The number of fused-ring (bicyclic) bond motifs is 3. The quantitative estimate of drug-likeness (QED) is 0.831. The van der Waals surface area contributed by atoms with Crippen LogP contribution >= 0.6 is 0 Å². The number of hydrogen-bond donors (Lipinski definition) is 1. The highest BCUT2D eigenvalue weighted by molar-refractivity contribution is 6.01. The number of hydrogen-bond acceptors (Lipinski definition) is 2. The zero-order chi connectivity index (χ0) is 12.8. The molecule has 2 aromatic carbocycles. The van der Waals surface area contributed by atoms with Crippen molar-refractivity contribution in [3.05, 3.63) is 48.0 Å². The number of carbonyl (C=O) groups is 1. The van der Waals surface area contributed by atoms with Crippen molar-refractivity contribution < 1.29 is 4.79 Å². The van der Waals surface area contributed by atoms with Crippen molar-refractivity contribution in [1.29, 1.82) is 0 Å². The van der Waals surface area contributed by atoms with E-state index in [-0.39, 0.29) is 5.92 Å². The minimum absolute atomic E-state index is 0.194. The Hall–Kier alpha value is -1.67. The van der Waals surface area contributed by atoms with Gasteiger partial charge in [-0.15, -0.1) is 0 Å². The lowest BCUT2D eigenvalue weighted by Gasteiger charge is -2.18. The minimum atomic E-state index is 0.194. The Labute approximate surface area is 112 Å². The molecule has 2 heterocycles. The van der Waals surface area contributed by atoms with Crippen LogP contribution in [-0.2, 0) is 0 Å².